The Kier molecular flexibility index (Phi) is 5.16. The Balaban J connectivity index is 1.70. The molecule has 5 heteroatoms. The Morgan fingerprint density at radius 1 is 1.13 bits per heavy atom. The number of nitrogen functional groups attached to an aromatic ring is 1. The van der Waals surface area contributed by atoms with Crippen LogP contribution in [-0.4, -0.2) is 26.2 Å². The van der Waals surface area contributed by atoms with E-state index in [1.807, 2.05) is 12.1 Å². The maximum Gasteiger partial charge on any atom is 0.0642 e. The molecule has 0 aromatic heterocycles. The van der Waals surface area contributed by atoms with E-state index in [4.69, 9.17) is 17.3 Å². The quantitative estimate of drug-likeness (QED) is 0.646. The number of hydrogen-bond donors (Lipinski definition) is 2. The largest absolute Gasteiger partial charge is 0.397 e. The van der Waals surface area contributed by atoms with E-state index in [9.17, 15) is 0 Å². The number of para-hydroxylation sites is 1. The molecule has 3 N–H and O–H groups in total. The van der Waals surface area contributed by atoms with Gasteiger partial charge < -0.3 is 16.0 Å². The third-order valence-corrected chi connectivity index (χ3v) is 5.22. The lowest BCUT2D eigenvalue weighted by Crippen LogP contribution is -2.43. The molecule has 2 aromatic carbocycles. The van der Waals surface area contributed by atoms with Gasteiger partial charge in [-0.2, -0.15) is 0 Å². The molecule has 0 amide bonds. The van der Waals surface area contributed by atoms with Crippen molar-refractivity contribution in [1.82, 2.24) is 5.32 Å². The molecule has 1 fully saturated rings. The predicted octanol–water partition coefficient (Wildman–Crippen LogP) is 4.09. The minimum Gasteiger partial charge on any atom is -0.397 e. The van der Waals surface area contributed by atoms with Crippen molar-refractivity contribution >= 4 is 39.6 Å². The zero-order valence-corrected chi connectivity index (χ0v) is 14.5. The highest BCUT2D eigenvalue weighted by molar-refractivity contribution is 8.08. The van der Waals surface area contributed by atoms with Crippen LogP contribution in [0.2, 0.25) is 5.02 Å². The van der Waals surface area contributed by atoms with Gasteiger partial charge >= 0.3 is 0 Å². The van der Waals surface area contributed by atoms with Crippen molar-refractivity contribution in [3.05, 3.63) is 59.6 Å². The van der Waals surface area contributed by atoms with Gasteiger partial charge in [0.25, 0.3) is 0 Å². The van der Waals surface area contributed by atoms with Crippen molar-refractivity contribution in [2.75, 3.05) is 36.8 Å². The van der Waals surface area contributed by atoms with E-state index in [2.05, 4.69) is 41.1 Å². The van der Waals surface area contributed by atoms with Crippen LogP contribution in [0.3, 0.4) is 0 Å². The van der Waals surface area contributed by atoms with Crippen molar-refractivity contribution in [1.29, 1.82) is 0 Å². The predicted molar refractivity (Wildman–Crippen MR) is 102 cm³/mol. The molecule has 2 aromatic rings. The lowest BCUT2D eigenvalue weighted by Gasteiger charge is -2.29. The first-order valence-corrected chi connectivity index (χ1v) is 8.81. The molecule has 3 nitrogen and oxygen atoms in total. The monoisotopic (exact) mass is 345 g/mol. The number of rotatable bonds is 4. The summed E-state index contributed by atoms with van der Waals surface area (Å²) in [6.45, 7) is 8.33. The number of nitrogens with two attached hydrogens (primary N) is 1. The summed E-state index contributed by atoms with van der Waals surface area (Å²) in [4.78, 5) is 4.45. The molecule has 0 atom stereocenters. The standard InChI is InChI=1S/C18H20ClN3S/c1-13(16-3-2-4-17(19)18(16)20)23-15-7-5-14(6-8-15)22-11-9-21-10-12-22/h2-8,21H,1,9-12,20H2. The average Bonchev–Trinajstić information content (AvgIpc) is 2.59. The minimum absolute atomic E-state index is 0.568. The second-order valence-electron chi connectivity index (χ2n) is 5.46. The smallest absolute Gasteiger partial charge is 0.0642 e. The zero-order valence-electron chi connectivity index (χ0n) is 12.9. The van der Waals surface area contributed by atoms with Gasteiger partial charge in [0.1, 0.15) is 0 Å². The summed E-state index contributed by atoms with van der Waals surface area (Å²) >= 11 is 7.69. The number of anilines is 2. The van der Waals surface area contributed by atoms with Crippen LogP contribution in [0.4, 0.5) is 11.4 Å². The van der Waals surface area contributed by atoms with E-state index in [-0.39, 0.29) is 0 Å². The highest BCUT2D eigenvalue weighted by Gasteiger charge is 2.11. The molecule has 0 radical (unpaired) electrons. The highest BCUT2D eigenvalue weighted by atomic mass is 35.5. The van der Waals surface area contributed by atoms with Gasteiger partial charge in [0, 0.05) is 47.2 Å². The van der Waals surface area contributed by atoms with Crippen LogP contribution in [0.25, 0.3) is 4.91 Å². The van der Waals surface area contributed by atoms with Gasteiger partial charge in [-0.25, -0.2) is 0 Å². The van der Waals surface area contributed by atoms with Crippen LogP contribution in [0.5, 0.6) is 0 Å². The SMILES string of the molecule is C=C(Sc1ccc(N2CCNCC2)cc1)c1cccc(Cl)c1N. The molecule has 0 bridgehead atoms. The summed E-state index contributed by atoms with van der Waals surface area (Å²) in [5, 5.41) is 3.94. The van der Waals surface area contributed by atoms with Gasteiger partial charge in [-0.05, 0) is 30.3 Å². The minimum atomic E-state index is 0.568. The van der Waals surface area contributed by atoms with Crippen LogP contribution in [0.15, 0.2) is 53.9 Å². The van der Waals surface area contributed by atoms with Gasteiger partial charge in [-0.3, -0.25) is 0 Å². The van der Waals surface area contributed by atoms with E-state index < -0.39 is 0 Å². The van der Waals surface area contributed by atoms with Gasteiger partial charge in [0.05, 0.1) is 10.7 Å². The van der Waals surface area contributed by atoms with Crippen molar-refractivity contribution in [3.8, 4) is 0 Å². The average molecular weight is 346 g/mol. The molecular weight excluding hydrogens is 326 g/mol. The van der Waals surface area contributed by atoms with E-state index in [1.165, 1.54) is 5.69 Å². The number of piperazine rings is 1. The van der Waals surface area contributed by atoms with Crippen molar-refractivity contribution in [2.24, 2.45) is 0 Å². The summed E-state index contributed by atoms with van der Waals surface area (Å²) < 4.78 is 0. The lowest BCUT2D eigenvalue weighted by atomic mass is 10.2. The summed E-state index contributed by atoms with van der Waals surface area (Å²) in [5.41, 5.74) is 8.79. The fourth-order valence-corrected chi connectivity index (χ4v) is 3.64. The Morgan fingerprint density at radius 3 is 2.52 bits per heavy atom. The van der Waals surface area contributed by atoms with E-state index in [1.54, 1.807) is 17.8 Å². The van der Waals surface area contributed by atoms with Crippen molar-refractivity contribution < 1.29 is 0 Å². The van der Waals surface area contributed by atoms with Crippen molar-refractivity contribution in [3.63, 3.8) is 0 Å². The van der Waals surface area contributed by atoms with Crippen LogP contribution in [0.1, 0.15) is 5.56 Å². The Hall–Kier alpha value is -1.62. The first kappa shape index (κ1) is 16.2. The number of benzene rings is 2. The molecule has 120 valence electrons. The number of thioether (sulfide) groups is 1. The molecule has 0 unspecified atom stereocenters. The molecule has 23 heavy (non-hydrogen) atoms. The second kappa shape index (κ2) is 7.30. The molecule has 0 saturated carbocycles. The third kappa shape index (κ3) is 3.83. The van der Waals surface area contributed by atoms with Gasteiger partial charge in [0.2, 0.25) is 0 Å². The summed E-state index contributed by atoms with van der Waals surface area (Å²) in [7, 11) is 0. The van der Waals surface area contributed by atoms with Gasteiger partial charge in [0.15, 0.2) is 0 Å². The molecule has 0 spiro atoms. The number of nitrogens with zero attached hydrogens (tertiary/aromatic N) is 1. The maximum atomic E-state index is 6.08. The topological polar surface area (TPSA) is 41.3 Å². The molecule has 1 heterocycles. The van der Waals surface area contributed by atoms with E-state index in [0.29, 0.717) is 10.7 Å². The van der Waals surface area contributed by atoms with Gasteiger partial charge in [-0.1, -0.05) is 42.1 Å². The van der Waals surface area contributed by atoms with Crippen LogP contribution >= 0.6 is 23.4 Å². The summed E-state index contributed by atoms with van der Waals surface area (Å²) in [6, 6.07) is 14.2. The summed E-state index contributed by atoms with van der Waals surface area (Å²) in [6.07, 6.45) is 0. The summed E-state index contributed by atoms with van der Waals surface area (Å²) in [5.74, 6) is 0. The van der Waals surface area contributed by atoms with Gasteiger partial charge in [-0.15, -0.1) is 0 Å². The molecule has 1 saturated heterocycles. The fourth-order valence-electron chi connectivity index (χ4n) is 2.63. The highest BCUT2D eigenvalue weighted by Crippen LogP contribution is 2.38. The first-order chi connectivity index (χ1) is 11.1. The number of halogens is 1. The molecular formula is C18H20ClN3S. The Morgan fingerprint density at radius 2 is 1.83 bits per heavy atom. The number of hydrogen-bond acceptors (Lipinski definition) is 4. The molecule has 1 aliphatic rings. The molecule has 3 rings (SSSR count). The third-order valence-electron chi connectivity index (χ3n) is 3.91. The van der Waals surface area contributed by atoms with E-state index in [0.717, 1.165) is 41.5 Å². The van der Waals surface area contributed by atoms with E-state index >= 15 is 0 Å². The lowest BCUT2D eigenvalue weighted by molar-refractivity contribution is 0.589. The Bertz CT molecular complexity index is 694. The molecule has 1 aliphatic heterocycles. The second-order valence-corrected chi connectivity index (χ2v) is 7.03. The van der Waals surface area contributed by atoms with Crippen LogP contribution in [-0.2, 0) is 0 Å². The van der Waals surface area contributed by atoms with Crippen LogP contribution in [0, 0.1) is 0 Å². The zero-order chi connectivity index (χ0) is 16.2. The Labute approximate surface area is 146 Å². The van der Waals surface area contributed by atoms with Crippen LogP contribution < -0.4 is 16.0 Å². The number of nitrogens with one attached hydrogen (secondary N) is 1. The first-order valence-electron chi connectivity index (χ1n) is 7.62. The molecule has 0 aliphatic carbocycles. The van der Waals surface area contributed by atoms with Crippen molar-refractivity contribution in [2.45, 2.75) is 4.90 Å². The fraction of sp³-hybridized carbons (Fsp3) is 0.222. The normalized spacial score (nSPS) is 14.7. The maximum absolute atomic E-state index is 6.08.